The summed E-state index contributed by atoms with van der Waals surface area (Å²) in [5.41, 5.74) is 8.03. The van der Waals surface area contributed by atoms with Crippen LogP contribution >= 0.6 is 15.9 Å². The number of aryl methyl sites for hydroxylation is 1. The molecule has 1 saturated heterocycles. The average Bonchev–Trinajstić information content (AvgIpc) is 3.15. The van der Waals surface area contributed by atoms with Crippen LogP contribution in [0.25, 0.3) is 0 Å². The minimum absolute atomic E-state index is 0.00470. The van der Waals surface area contributed by atoms with Crippen LogP contribution in [-0.2, 0) is 11.3 Å². The number of nitrogens with zero attached hydrogens (tertiary/aromatic N) is 3. The van der Waals surface area contributed by atoms with Crippen LogP contribution in [0.4, 0.5) is 0 Å². The zero-order valence-corrected chi connectivity index (χ0v) is 14.3. The molecule has 1 saturated carbocycles. The van der Waals surface area contributed by atoms with Gasteiger partial charge in [0.05, 0.1) is 35.6 Å². The Balaban J connectivity index is 1.94. The third-order valence-electron chi connectivity index (χ3n) is 5.12. The highest BCUT2D eigenvalue weighted by atomic mass is 79.9. The van der Waals surface area contributed by atoms with Crippen molar-refractivity contribution in [3.8, 4) is 0 Å². The Morgan fingerprint density at radius 3 is 2.67 bits per heavy atom. The Kier molecular flexibility index (Phi) is 4.69. The fraction of sp³-hybridized carbons (Fsp3) is 0.800. The molecule has 0 bridgehead atoms. The van der Waals surface area contributed by atoms with Crippen LogP contribution in [0, 0.1) is 0 Å². The van der Waals surface area contributed by atoms with Crippen LogP contribution in [0.3, 0.4) is 0 Å². The van der Waals surface area contributed by atoms with Gasteiger partial charge in [0.25, 0.3) is 0 Å². The van der Waals surface area contributed by atoms with E-state index in [9.17, 15) is 0 Å². The molecule has 118 valence electrons. The molecule has 1 aliphatic carbocycles. The standard InChI is InChI=1S/C15H25BrN4O/c1-2-20-13(12(16)11-18-20)14(17)15(5-3-4-6-15)19-7-9-21-10-8-19/h11,14H,2-10,17H2,1H3. The van der Waals surface area contributed by atoms with Gasteiger partial charge in [-0.1, -0.05) is 12.8 Å². The average molecular weight is 357 g/mol. The number of aromatic nitrogens is 2. The van der Waals surface area contributed by atoms with E-state index < -0.39 is 0 Å². The molecule has 1 unspecified atom stereocenters. The molecule has 2 N–H and O–H groups in total. The smallest absolute Gasteiger partial charge is 0.0712 e. The lowest BCUT2D eigenvalue weighted by molar-refractivity contribution is -0.0322. The van der Waals surface area contributed by atoms with E-state index in [0.29, 0.717) is 0 Å². The van der Waals surface area contributed by atoms with Crippen LogP contribution in [0.1, 0.15) is 44.3 Å². The second kappa shape index (κ2) is 6.36. The molecule has 1 atom stereocenters. The van der Waals surface area contributed by atoms with E-state index in [2.05, 4.69) is 32.9 Å². The van der Waals surface area contributed by atoms with Crippen LogP contribution in [0.15, 0.2) is 10.7 Å². The molecule has 3 rings (SSSR count). The summed E-state index contributed by atoms with van der Waals surface area (Å²) in [5, 5.41) is 4.45. The second-order valence-corrected chi connectivity index (χ2v) is 6.94. The summed E-state index contributed by atoms with van der Waals surface area (Å²) in [6, 6.07) is -0.00470. The Labute approximate surface area is 134 Å². The normalized spacial score (nSPS) is 24.3. The lowest BCUT2D eigenvalue weighted by Crippen LogP contribution is -2.57. The van der Waals surface area contributed by atoms with Gasteiger partial charge in [-0.25, -0.2) is 0 Å². The molecule has 0 aromatic carbocycles. The summed E-state index contributed by atoms with van der Waals surface area (Å²) in [6.45, 7) is 6.60. The van der Waals surface area contributed by atoms with E-state index in [1.807, 2.05) is 10.9 Å². The Hall–Kier alpha value is -0.430. The van der Waals surface area contributed by atoms with Crippen LogP contribution < -0.4 is 5.73 Å². The first kappa shape index (κ1) is 15.5. The summed E-state index contributed by atoms with van der Waals surface area (Å²) in [5.74, 6) is 0. The van der Waals surface area contributed by atoms with Gasteiger partial charge in [-0.15, -0.1) is 0 Å². The largest absolute Gasteiger partial charge is 0.379 e. The Morgan fingerprint density at radius 2 is 2.05 bits per heavy atom. The van der Waals surface area contributed by atoms with Gasteiger partial charge in [0.2, 0.25) is 0 Å². The van der Waals surface area contributed by atoms with Gasteiger partial charge in [-0.2, -0.15) is 5.10 Å². The summed E-state index contributed by atoms with van der Waals surface area (Å²) in [4.78, 5) is 2.58. The predicted molar refractivity (Wildman–Crippen MR) is 86.1 cm³/mol. The first-order valence-corrected chi connectivity index (χ1v) is 8.78. The highest BCUT2D eigenvalue weighted by Gasteiger charge is 2.46. The number of rotatable bonds is 4. The van der Waals surface area contributed by atoms with Crippen molar-refractivity contribution in [2.45, 2.75) is 50.7 Å². The first-order valence-electron chi connectivity index (χ1n) is 7.98. The monoisotopic (exact) mass is 356 g/mol. The number of ether oxygens (including phenoxy) is 1. The van der Waals surface area contributed by atoms with Gasteiger partial charge in [0.1, 0.15) is 0 Å². The number of hydrogen-bond acceptors (Lipinski definition) is 4. The van der Waals surface area contributed by atoms with Gasteiger partial charge in [-0.05, 0) is 35.7 Å². The maximum atomic E-state index is 6.81. The SMILES string of the molecule is CCn1ncc(Br)c1C(N)C1(N2CCOCC2)CCCC1. The molecule has 1 aromatic heterocycles. The number of halogens is 1. The van der Waals surface area contributed by atoms with Crippen molar-refractivity contribution in [3.05, 3.63) is 16.4 Å². The Bertz CT molecular complexity index is 478. The van der Waals surface area contributed by atoms with Crippen molar-refractivity contribution < 1.29 is 4.74 Å². The molecule has 21 heavy (non-hydrogen) atoms. The molecule has 1 aliphatic heterocycles. The second-order valence-electron chi connectivity index (χ2n) is 6.08. The molecule has 0 radical (unpaired) electrons. The van der Waals surface area contributed by atoms with Crippen molar-refractivity contribution in [1.82, 2.24) is 14.7 Å². The van der Waals surface area contributed by atoms with E-state index in [1.54, 1.807) is 0 Å². The third-order valence-corrected chi connectivity index (χ3v) is 5.73. The zero-order valence-electron chi connectivity index (χ0n) is 12.7. The summed E-state index contributed by atoms with van der Waals surface area (Å²) < 4.78 is 8.61. The van der Waals surface area contributed by atoms with Crippen LogP contribution in [0.2, 0.25) is 0 Å². The Morgan fingerprint density at radius 1 is 1.38 bits per heavy atom. The minimum atomic E-state index is -0.00470. The maximum absolute atomic E-state index is 6.81. The van der Waals surface area contributed by atoms with Gasteiger partial charge in [0.15, 0.2) is 0 Å². The van der Waals surface area contributed by atoms with E-state index in [4.69, 9.17) is 10.5 Å². The molecule has 0 amide bonds. The summed E-state index contributed by atoms with van der Waals surface area (Å²) in [7, 11) is 0. The fourth-order valence-corrected chi connectivity index (χ4v) is 4.55. The van der Waals surface area contributed by atoms with Gasteiger partial charge >= 0.3 is 0 Å². The van der Waals surface area contributed by atoms with Crippen molar-refractivity contribution >= 4 is 15.9 Å². The van der Waals surface area contributed by atoms with Crippen molar-refractivity contribution in [2.24, 2.45) is 5.73 Å². The van der Waals surface area contributed by atoms with Crippen LogP contribution in [0.5, 0.6) is 0 Å². The molecule has 5 nitrogen and oxygen atoms in total. The molecular formula is C15H25BrN4O. The quantitative estimate of drug-likeness (QED) is 0.899. The van der Waals surface area contributed by atoms with Crippen molar-refractivity contribution in [1.29, 1.82) is 0 Å². The number of hydrogen-bond donors (Lipinski definition) is 1. The number of morpholine rings is 1. The fourth-order valence-electron chi connectivity index (χ4n) is 4.01. The lowest BCUT2D eigenvalue weighted by Gasteiger charge is -2.47. The summed E-state index contributed by atoms with van der Waals surface area (Å²) >= 11 is 3.65. The molecule has 2 fully saturated rings. The zero-order chi connectivity index (χ0) is 14.9. The van der Waals surface area contributed by atoms with Gasteiger partial charge in [0, 0.05) is 25.2 Å². The molecular weight excluding hydrogens is 332 g/mol. The number of nitrogens with two attached hydrogens (primary N) is 1. The molecule has 2 aliphatic rings. The van der Waals surface area contributed by atoms with Gasteiger partial charge < -0.3 is 10.5 Å². The minimum Gasteiger partial charge on any atom is -0.379 e. The van der Waals surface area contributed by atoms with E-state index in [0.717, 1.165) is 43.0 Å². The highest BCUT2D eigenvalue weighted by molar-refractivity contribution is 9.10. The lowest BCUT2D eigenvalue weighted by atomic mass is 9.84. The van der Waals surface area contributed by atoms with Crippen molar-refractivity contribution in [3.63, 3.8) is 0 Å². The molecule has 1 aromatic rings. The topological polar surface area (TPSA) is 56.3 Å². The van der Waals surface area contributed by atoms with E-state index >= 15 is 0 Å². The molecule has 0 spiro atoms. The first-order chi connectivity index (χ1) is 10.2. The van der Waals surface area contributed by atoms with E-state index in [-0.39, 0.29) is 11.6 Å². The van der Waals surface area contributed by atoms with Gasteiger partial charge in [-0.3, -0.25) is 9.58 Å². The maximum Gasteiger partial charge on any atom is 0.0712 e. The summed E-state index contributed by atoms with van der Waals surface area (Å²) in [6.07, 6.45) is 6.76. The molecule has 6 heteroatoms. The van der Waals surface area contributed by atoms with Crippen LogP contribution in [-0.4, -0.2) is 46.5 Å². The van der Waals surface area contributed by atoms with E-state index in [1.165, 1.54) is 25.7 Å². The van der Waals surface area contributed by atoms with Crippen molar-refractivity contribution in [2.75, 3.05) is 26.3 Å². The third kappa shape index (κ3) is 2.67. The highest BCUT2D eigenvalue weighted by Crippen LogP contribution is 2.45. The predicted octanol–water partition coefficient (Wildman–Crippen LogP) is 2.31. The molecule has 2 heterocycles.